The Morgan fingerprint density at radius 2 is 2.37 bits per heavy atom. The van der Waals surface area contributed by atoms with Gasteiger partial charge in [0.05, 0.1) is 11.6 Å². The quantitative estimate of drug-likeness (QED) is 0.870. The minimum absolute atomic E-state index is 0.290. The molecule has 2 fully saturated rings. The molecule has 1 aliphatic carbocycles. The second-order valence-corrected chi connectivity index (χ2v) is 7.39. The van der Waals surface area contributed by atoms with Crippen molar-refractivity contribution in [3.05, 3.63) is 16.6 Å². The third-order valence-electron chi connectivity index (χ3n) is 4.42. The zero-order valence-electron chi connectivity index (χ0n) is 11.9. The first-order valence-electron chi connectivity index (χ1n) is 7.42. The fraction of sp³-hybridized carbons (Fsp3) is 0.800. The summed E-state index contributed by atoms with van der Waals surface area (Å²) in [4.78, 5) is 5.64. The van der Waals surface area contributed by atoms with Crippen LogP contribution >= 0.6 is 11.3 Å². The van der Waals surface area contributed by atoms with Crippen molar-refractivity contribution in [1.82, 2.24) is 10.3 Å². The van der Waals surface area contributed by atoms with Gasteiger partial charge in [0, 0.05) is 35.7 Å². The van der Waals surface area contributed by atoms with Crippen LogP contribution in [0.25, 0.3) is 0 Å². The van der Waals surface area contributed by atoms with Crippen LogP contribution < -0.4 is 5.32 Å². The van der Waals surface area contributed by atoms with E-state index in [2.05, 4.69) is 24.1 Å². The van der Waals surface area contributed by atoms with Crippen LogP contribution in [0, 0.1) is 11.3 Å². The number of aromatic nitrogens is 1. The third kappa shape index (κ3) is 3.01. The Morgan fingerprint density at radius 1 is 1.53 bits per heavy atom. The van der Waals surface area contributed by atoms with Crippen molar-refractivity contribution in [3.63, 3.8) is 0 Å². The van der Waals surface area contributed by atoms with Gasteiger partial charge in [0.2, 0.25) is 0 Å². The Hall–Kier alpha value is -0.450. The molecule has 3 rings (SSSR count). The minimum Gasteiger partial charge on any atom is -0.377 e. The predicted molar refractivity (Wildman–Crippen MR) is 78.5 cm³/mol. The lowest BCUT2D eigenvalue weighted by Gasteiger charge is -2.35. The van der Waals surface area contributed by atoms with Crippen molar-refractivity contribution in [2.75, 3.05) is 13.2 Å². The molecule has 0 spiro atoms. The lowest BCUT2D eigenvalue weighted by molar-refractivity contribution is 0.0302. The predicted octanol–water partition coefficient (Wildman–Crippen LogP) is 2.87. The zero-order chi connectivity index (χ0) is 13.3. The summed E-state index contributed by atoms with van der Waals surface area (Å²) in [5.41, 5.74) is 2.23. The van der Waals surface area contributed by atoms with Gasteiger partial charge in [-0.25, -0.2) is 0 Å². The molecule has 2 aliphatic rings. The van der Waals surface area contributed by atoms with Crippen LogP contribution in [-0.4, -0.2) is 30.3 Å². The smallest absolute Gasteiger partial charge is 0.0794 e. The second-order valence-electron chi connectivity index (χ2n) is 6.42. The van der Waals surface area contributed by atoms with E-state index < -0.39 is 0 Å². The van der Waals surface area contributed by atoms with Gasteiger partial charge in [-0.05, 0) is 31.6 Å². The highest BCUT2D eigenvalue weighted by Gasteiger charge is 2.50. The number of hydrogen-bond acceptors (Lipinski definition) is 4. The Bertz CT molecular complexity index is 402. The topological polar surface area (TPSA) is 34.2 Å². The van der Waals surface area contributed by atoms with Crippen molar-refractivity contribution in [1.29, 1.82) is 0 Å². The van der Waals surface area contributed by atoms with Crippen LogP contribution in [0.4, 0.5) is 0 Å². The standard InChI is InChI=1S/C15H24N2OS/c1-11(2)17-9-15(7-13-8-16-10-19-13)5-6-18-14(15)12-3-4-12/h8,10-12,14,17H,3-7,9H2,1-2H3. The van der Waals surface area contributed by atoms with Crippen molar-refractivity contribution >= 4 is 11.3 Å². The Morgan fingerprint density at radius 3 is 3.00 bits per heavy atom. The minimum atomic E-state index is 0.290. The lowest BCUT2D eigenvalue weighted by atomic mass is 9.75. The summed E-state index contributed by atoms with van der Waals surface area (Å²) in [5.74, 6) is 0.810. The van der Waals surface area contributed by atoms with E-state index in [0.29, 0.717) is 12.1 Å². The molecule has 0 aromatic carbocycles. The van der Waals surface area contributed by atoms with Crippen LogP contribution in [0.5, 0.6) is 0 Å². The maximum absolute atomic E-state index is 6.12. The van der Waals surface area contributed by atoms with Gasteiger partial charge in [-0.2, -0.15) is 0 Å². The molecule has 0 amide bonds. The van der Waals surface area contributed by atoms with E-state index in [-0.39, 0.29) is 5.41 Å². The van der Waals surface area contributed by atoms with E-state index in [1.807, 2.05) is 11.7 Å². The number of rotatable bonds is 6. The van der Waals surface area contributed by atoms with E-state index in [1.165, 1.54) is 24.1 Å². The molecule has 1 aromatic heterocycles. The first kappa shape index (κ1) is 13.5. The molecule has 1 aliphatic heterocycles. The molecule has 1 N–H and O–H groups in total. The summed E-state index contributed by atoms with van der Waals surface area (Å²) in [6.07, 6.45) is 7.52. The van der Waals surface area contributed by atoms with E-state index in [0.717, 1.165) is 25.5 Å². The van der Waals surface area contributed by atoms with Crippen LogP contribution in [0.3, 0.4) is 0 Å². The van der Waals surface area contributed by atoms with Gasteiger partial charge >= 0.3 is 0 Å². The van der Waals surface area contributed by atoms with Gasteiger partial charge < -0.3 is 10.1 Å². The van der Waals surface area contributed by atoms with Gasteiger partial charge in [-0.1, -0.05) is 13.8 Å². The van der Waals surface area contributed by atoms with Crippen molar-refractivity contribution in [3.8, 4) is 0 Å². The van der Waals surface area contributed by atoms with E-state index in [4.69, 9.17) is 4.74 Å². The highest BCUT2D eigenvalue weighted by Crippen LogP contribution is 2.49. The average Bonchev–Trinajstić information content (AvgIpc) is 2.94. The highest BCUT2D eigenvalue weighted by molar-refractivity contribution is 7.09. The summed E-state index contributed by atoms with van der Waals surface area (Å²) in [6, 6.07) is 0.541. The van der Waals surface area contributed by atoms with Gasteiger partial charge in [-0.3, -0.25) is 4.98 Å². The van der Waals surface area contributed by atoms with Gasteiger partial charge in [0.1, 0.15) is 0 Å². The van der Waals surface area contributed by atoms with E-state index >= 15 is 0 Å². The molecule has 19 heavy (non-hydrogen) atoms. The second kappa shape index (κ2) is 5.51. The Balaban J connectivity index is 1.77. The normalized spacial score (nSPS) is 31.2. The van der Waals surface area contributed by atoms with Gasteiger partial charge in [0.25, 0.3) is 0 Å². The lowest BCUT2D eigenvalue weighted by Crippen LogP contribution is -2.45. The summed E-state index contributed by atoms with van der Waals surface area (Å²) in [5, 5.41) is 3.66. The Labute approximate surface area is 119 Å². The number of hydrogen-bond donors (Lipinski definition) is 1. The van der Waals surface area contributed by atoms with Gasteiger partial charge in [0.15, 0.2) is 0 Å². The summed E-state index contributed by atoms with van der Waals surface area (Å²) < 4.78 is 6.12. The van der Waals surface area contributed by atoms with Crippen LogP contribution in [-0.2, 0) is 11.2 Å². The van der Waals surface area contributed by atoms with Crippen molar-refractivity contribution in [2.45, 2.75) is 51.7 Å². The highest BCUT2D eigenvalue weighted by atomic mass is 32.1. The maximum Gasteiger partial charge on any atom is 0.0794 e. The Kier molecular flexibility index (Phi) is 3.92. The fourth-order valence-electron chi connectivity index (χ4n) is 3.27. The molecule has 4 heteroatoms. The number of thiazole rings is 1. The summed E-state index contributed by atoms with van der Waals surface area (Å²) in [7, 11) is 0. The van der Waals surface area contributed by atoms with Crippen molar-refractivity contribution in [2.24, 2.45) is 11.3 Å². The molecular formula is C15H24N2OS. The number of ether oxygens (including phenoxy) is 1. The molecule has 1 aromatic rings. The third-order valence-corrected chi connectivity index (χ3v) is 5.20. The molecule has 0 bridgehead atoms. The molecule has 2 unspecified atom stereocenters. The van der Waals surface area contributed by atoms with Crippen molar-refractivity contribution < 1.29 is 4.74 Å². The average molecular weight is 280 g/mol. The number of nitrogens with zero attached hydrogens (tertiary/aromatic N) is 1. The first-order chi connectivity index (χ1) is 9.20. The molecule has 0 radical (unpaired) electrons. The summed E-state index contributed by atoms with van der Waals surface area (Å²) in [6.45, 7) is 6.45. The van der Waals surface area contributed by atoms with E-state index in [9.17, 15) is 0 Å². The molecule has 2 atom stereocenters. The largest absolute Gasteiger partial charge is 0.377 e. The monoisotopic (exact) mass is 280 g/mol. The molecular weight excluding hydrogens is 256 g/mol. The fourth-order valence-corrected chi connectivity index (χ4v) is 4.02. The van der Waals surface area contributed by atoms with Crippen LogP contribution in [0.2, 0.25) is 0 Å². The first-order valence-corrected chi connectivity index (χ1v) is 8.30. The SMILES string of the molecule is CC(C)NCC1(Cc2cncs2)CCOC1C1CC1. The molecule has 3 nitrogen and oxygen atoms in total. The van der Waals surface area contributed by atoms with Gasteiger partial charge in [-0.15, -0.1) is 11.3 Å². The molecule has 2 heterocycles. The summed E-state index contributed by atoms with van der Waals surface area (Å²) >= 11 is 1.78. The van der Waals surface area contributed by atoms with E-state index in [1.54, 1.807) is 11.3 Å². The maximum atomic E-state index is 6.12. The number of nitrogens with one attached hydrogen (secondary N) is 1. The molecule has 1 saturated heterocycles. The zero-order valence-corrected chi connectivity index (χ0v) is 12.7. The molecule has 106 valence electrons. The molecule has 1 saturated carbocycles. The van der Waals surface area contributed by atoms with Crippen LogP contribution in [0.1, 0.15) is 38.0 Å². The van der Waals surface area contributed by atoms with Crippen LogP contribution in [0.15, 0.2) is 11.7 Å².